The molecule has 0 fully saturated rings. The van der Waals surface area contributed by atoms with Crippen molar-refractivity contribution in [3.8, 4) is 0 Å². The lowest BCUT2D eigenvalue weighted by Gasteiger charge is -2.26. The van der Waals surface area contributed by atoms with Gasteiger partial charge in [-0.3, -0.25) is 0 Å². The highest BCUT2D eigenvalue weighted by atomic mass is 32.2. The Bertz CT molecular complexity index is 760. The van der Waals surface area contributed by atoms with Gasteiger partial charge in [0.15, 0.2) is 9.84 Å². The third kappa shape index (κ3) is 4.53. The third-order valence-corrected chi connectivity index (χ3v) is 4.77. The lowest BCUT2D eigenvalue weighted by atomic mass is 10.1. The summed E-state index contributed by atoms with van der Waals surface area (Å²) in [6.07, 6.45) is 0.341. The zero-order valence-electron chi connectivity index (χ0n) is 13.1. The quantitative estimate of drug-likeness (QED) is 0.881. The molecule has 23 heavy (non-hydrogen) atoms. The van der Waals surface area contributed by atoms with E-state index in [0.717, 1.165) is 6.26 Å². The van der Waals surface area contributed by atoms with Crippen LogP contribution in [0.5, 0.6) is 0 Å². The first-order chi connectivity index (χ1) is 10.8. The number of benzene rings is 2. The van der Waals surface area contributed by atoms with Gasteiger partial charge >= 0.3 is 0 Å². The summed E-state index contributed by atoms with van der Waals surface area (Å²) in [5.74, 6) is -0.326. The molecule has 0 aliphatic rings. The van der Waals surface area contributed by atoms with Gasteiger partial charge in [-0.25, -0.2) is 12.8 Å². The average molecular weight is 337 g/mol. The summed E-state index contributed by atoms with van der Waals surface area (Å²) in [5.41, 5.74) is 1.31. The van der Waals surface area contributed by atoms with Crippen molar-refractivity contribution in [2.75, 3.05) is 24.2 Å². The summed E-state index contributed by atoms with van der Waals surface area (Å²) in [5, 5.41) is 10.4. The van der Waals surface area contributed by atoms with Crippen LogP contribution in [-0.2, 0) is 9.84 Å². The number of hydrogen-bond donors (Lipinski definition) is 1. The fourth-order valence-electron chi connectivity index (χ4n) is 2.34. The van der Waals surface area contributed by atoms with Crippen LogP contribution < -0.4 is 4.90 Å². The van der Waals surface area contributed by atoms with Gasteiger partial charge in [-0.2, -0.15) is 0 Å². The van der Waals surface area contributed by atoms with Crippen LogP contribution in [-0.4, -0.2) is 32.9 Å². The Morgan fingerprint density at radius 3 is 2.35 bits per heavy atom. The molecule has 0 spiro atoms. The molecule has 4 nitrogen and oxygen atoms in total. The lowest BCUT2D eigenvalue weighted by Crippen LogP contribution is -2.28. The molecular formula is C17H20FNO3S. The van der Waals surface area contributed by atoms with Crippen LogP contribution in [0, 0.1) is 5.82 Å². The van der Waals surface area contributed by atoms with Crippen molar-refractivity contribution in [2.45, 2.75) is 17.9 Å². The summed E-state index contributed by atoms with van der Waals surface area (Å²) >= 11 is 0. The molecule has 2 aromatic rings. The predicted octanol–water partition coefficient (Wildman–Crippen LogP) is 2.79. The Kier molecular flexibility index (Phi) is 5.38. The van der Waals surface area contributed by atoms with E-state index in [9.17, 15) is 17.9 Å². The summed E-state index contributed by atoms with van der Waals surface area (Å²) in [7, 11) is -3.25. The standard InChI is InChI=1S/C17H20FNO3S/c1-3-19(15-6-4-5-14(18)11-15)12-17(20)13-7-9-16(10-8-13)23(2,21)22/h4-11,17,20H,3,12H2,1-2H3. The van der Waals surface area contributed by atoms with Gasteiger partial charge in [-0.1, -0.05) is 18.2 Å². The first kappa shape index (κ1) is 17.4. The van der Waals surface area contributed by atoms with Crippen LogP contribution in [0.4, 0.5) is 10.1 Å². The van der Waals surface area contributed by atoms with E-state index in [1.54, 1.807) is 24.3 Å². The maximum absolute atomic E-state index is 13.3. The van der Waals surface area contributed by atoms with Gasteiger partial charge in [-0.05, 0) is 42.8 Å². The lowest BCUT2D eigenvalue weighted by molar-refractivity contribution is 0.183. The van der Waals surface area contributed by atoms with E-state index < -0.39 is 15.9 Å². The minimum atomic E-state index is -3.25. The Balaban J connectivity index is 2.15. The molecule has 0 saturated heterocycles. The number of halogens is 1. The second kappa shape index (κ2) is 7.10. The SMILES string of the molecule is CCN(CC(O)c1ccc(S(C)(=O)=O)cc1)c1cccc(F)c1. The van der Waals surface area contributed by atoms with Gasteiger partial charge in [0.05, 0.1) is 11.0 Å². The Labute approximate surface area is 136 Å². The number of nitrogens with zero attached hydrogens (tertiary/aromatic N) is 1. The molecule has 2 aromatic carbocycles. The van der Waals surface area contributed by atoms with Crippen LogP contribution >= 0.6 is 0 Å². The molecule has 1 atom stereocenters. The van der Waals surface area contributed by atoms with Gasteiger partial charge in [0, 0.05) is 25.0 Å². The number of aliphatic hydroxyl groups is 1. The van der Waals surface area contributed by atoms with Gasteiger partial charge in [-0.15, -0.1) is 0 Å². The molecule has 0 aliphatic carbocycles. The number of likely N-dealkylation sites (N-methyl/N-ethyl adjacent to an activating group) is 1. The van der Waals surface area contributed by atoms with Gasteiger partial charge in [0.25, 0.3) is 0 Å². The van der Waals surface area contributed by atoms with Gasteiger partial charge < -0.3 is 10.0 Å². The molecule has 124 valence electrons. The number of hydrogen-bond acceptors (Lipinski definition) is 4. The molecule has 0 saturated carbocycles. The number of sulfone groups is 1. The smallest absolute Gasteiger partial charge is 0.175 e. The van der Waals surface area contributed by atoms with Crippen molar-refractivity contribution in [3.63, 3.8) is 0 Å². The summed E-state index contributed by atoms with van der Waals surface area (Å²) < 4.78 is 36.2. The highest BCUT2D eigenvalue weighted by Crippen LogP contribution is 2.21. The zero-order chi connectivity index (χ0) is 17.0. The topological polar surface area (TPSA) is 57.6 Å². The maximum Gasteiger partial charge on any atom is 0.175 e. The van der Waals surface area contributed by atoms with Crippen molar-refractivity contribution < 1.29 is 17.9 Å². The molecule has 0 heterocycles. The monoisotopic (exact) mass is 337 g/mol. The van der Waals surface area contributed by atoms with Crippen molar-refractivity contribution in [1.82, 2.24) is 0 Å². The van der Waals surface area contributed by atoms with Crippen LogP contribution in [0.25, 0.3) is 0 Å². The van der Waals surface area contributed by atoms with E-state index in [4.69, 9.17) is 0 Å². The third-order valence-electron chi connectivity index (χ3n) is 3.64. The minimum Gasteiger partial charge on any atom is -0.387 e. The Morgan fingerprint density at radius 2 is 1.83 bits per heavy atom. The van der Waals surface area contributed by atoms with Crippen molar-refractivity contribution in [1.29, 1.82) is 0 Å². The van der Waals surface area contributed by atoms with E-state index in [0.29, 0.717) is 17.8 Å². The first-order valence-corrected chi connectivity index (χ1v) is 9.19. The van der Waals surface area contributed by atoms with Crippen molar-refractivity contribution in [2.24, 2.45) is 0 Å². The maximum atomic E-state index is 13.3. The summed E-state index contributed by atoms with van der Waals surface area (Å²) in [6.45, 7) is 2.82. The second-order valence-corrected chi connectivity index (χ2v) is 7.39. The van der Waals surface area contributed by atoms with Crippen LogP contribution in [0.3, 0.4) is 0 Å². The zero-order valence-corrected chi connectivity index (χ0v) is 13.9. The molecule has 0 bridgehead atoms. The van der Waals surface area contributed by atoms with Crippen molar-refractivity contribution >= 4 is 15.5 Å². The highest BCUT2D eigenvalue weighted by Gasteiger charge is 2.15. The first-order valence-electron chi connectivity index (χ1n) is 7.30. The predicted molar refractivity (Wildman–Crippen MR) is 88.8 cm³/mol. The van der Waals surface area contributed by atoms with Gasteiger partial charge in [0.2, 0.25) is 0 Å². The molecule has 0 aliphatic heterocycles. The normalized spacial score (nSPS) is 12.9. The largest absolute Gasteiger partial charge is 0.387 e. The molecular weight excluding hydrogens is 317 g/mol. The fraction of sp³-hybridized carbons (Fsp3) is 0.294. The van der Waals surface area contributed by atoms with E-state index >= 15 is 0 Å². The van der Waals surface area contributed by atoms with Crippen LogP contribution in [0.1, 0.15) is 18.6 Å². The number of anilines is 1. The molecule has 1 unspecified atom stereocenters. The Hall–Kier alpha value is -1.92. The van der Waals surface area contributed by atoms with Gasteiger partial charge in [0.1, 0.15) is 5.82 Å². The van der Waals surface area contributed by atoms with E-state index in [1.807, 2.05) is 11.8 Å². The molecule has 2 rings (SSSR count). The molecule has 0 radical (unpaired) electrons. The van der Waals surface area contributed by atoms with E-state index in [2.05, 4.69) is 0 Å². The summed E-state index contributed by atoms with van der Waals surface area (Å²) in [4.78, 5) is 2.07. The van der Waals surface area contributed by atoms with Crippen LogP contribution in [0.2, 0.25) is 0 Å². The molecule has 1 N–H and O–H groups in total. The molecule has 0 amide bonds. The Morgan fingerprint density at radius 1 is 1.17 bits per heavy atom. The van der Waals surface area contributed by atoms with E-state index in [-0.39, 0.29) is 17.3 Å². The number of aliphatic hydroxyl groups excluding tert-OH is 1. The average Bonchev–Trinajstić information content (AvgIpc) is 2.51. The van der Waals surface area contributed by atoms with Crippen molar-refractivity contribution in [3.05, 3.63) is 59.9 Å². The minimum absolute atomic E-state index is 0.214. The second-order valence-electron chi connectivity index (χ2n) is 5.38. The molecule has 0 aromatic heterocycles. The van der Waals surface area contributed by atoms with E-state index in [1.165, 1.54) is 24.3 Å². The van der Waals surface area contributed by atoms with Crippen LogP contribution in [0.15, 0.2) is 53.4 Å². The molecule has 6 heteroatoms. The fourth-order valence-corrected chi connectivity index (χ4v) is 2.97. The number of rotatable bonds is 6. The summed E-state index contributed by atoms with van der Waals surface area (Å²) in [6, 6.07) is 12.4. The highest BCUT2D eigenvalue weighted by molar-refractivity contribution is 7.90.